The number of hydrogen-bond donors (Lipinski definition) is 2. The molecular formula is C27H28N2O6. The van der Waals surface area contributed by atoms with Crippen molar-refractivity contribution in [2.45, 2.75) is 38.4 Å². The van der Waals surface area contributed by atoms with Gasteiger partial charge in [-0.25, -0.2) is 9.78 Å². The molecule has 0 unspecified atom stereocenters. The minimum atomic E-state index is -1.08. The number of aromatic nitrogens is 1. The molecule has 1 aromatic heterocycles. The standard InChI is InChI=1S/C27H28N2O6/c1-18(13-19-5-3-2-4-6-19)34-23-14-21(15-24(16-23)35-22-9-11-33-12-10-22)26(30)29-25-8-7-20(17-28-25)27(31)32/h2-8,14-18,22H,9-13H2,1H3,(H,31,32)(H,28,29,30)/t18-/m0/s1. The first-order valence-electron chi connectivity index (χ1n) is 11.6. The lowest BCUT2D eigenvalue weighted by atomic mass is 10.1. The van der Waals surface area contributed by atoms with Gasteiger partial charge < -0.3 is 24.6 Å². The largest absolute Gasteiger partial charge is 0.490 e. The number of amides is 1. The highest BCUT2D eigenvalue weighted by Crippen LogP contribution is 2.27. The van der Waals surface area contributed by atoms with Gasteiger partial charge in [0.1, 0.15) is 23.4 Å². The Morgan fingerprint density at radius 2 is 1.80 bits per heavy atom. The fourth-order valence-electron chi connectivity index (χ4n) is 3.83. The van der Waals surface area contributed by atoms with Crippen molar-refractivity contribution in [1.29, 1.82) is 0 Å². The molecule has 0 saturated carbocycles. The number of ether oxygens (including phenoxy) is 3. The predicted molar refractivity (Wildman–Crippen MR) is 130 cm³/mol. The second-order valence-corrected chi connectivity index (χ2v) is 8.43. The Balaban J connectivity index is 1.52. The Morgan fingerprint density at radius 1 is 1.06 bits per heavy atom. The van der Waals surface area contributed by atoms with Crippen LogP contribution in [0.3, 0.4) is 0 Å². The summed E-state index contributed by atoms with van der Waals surface area (Å²) in [5.41, 5.74) is 1.54. The molecule has 1 fully saturated rings. The van der Waals surface area contributed by atoms with Gasteiger partial charge in [-0.05, 0) is 36.8 Å². The Hall–Kier alpha value is -3.91. The zero-order valence-electron chi connectivity index (χ0n) is 19.5. The van der Waals surface area contributed by atoms with Crippen LogP contribution in [0.25, 0.3) is 0 Å². The second-order valence-electron chi connectivity index (χ2n) is 8.43. The van der Waals surface area contributed by atoms with Gasteiger partial charge in [-0.1, -0.05) is 30.3 Å². The van der Waals surface area contributed by atoms with Crippen LogP contribution < -0.4 is 14.8 Å². The van der Waals surface area contributed by atoms with E-state index in [-0.39, 0.29) is 23.6 Å². The van der Waals surface area contributed by atoms with E-state index in [1.807, 2.05) is 37.3 Å². The predicted octanol–water partition coefficient (Wildman–Crippen LogP) is 4.60. The fraction of sp³-hybridized carbons (Fsp3) is 0.296. The van der Waals surface area contributed by atoms with E-state index in [1.54, 1.807) is 18.2 Å². The van der Waals surface area contributed by atoms with Crippen molar-refractivity contribution in [2.24, 2.45) is 0 Å². The number of aromatic carboxylic acids is 1. The SMILES string of the molecule is C[C@@H](Cc1ccccc1)Oc1cc(OC2CCOCC2)cc(C(=O)Nc2ccc(C(=O)O)cn2)c1. The Labute approximate surface area is 203 Å². The van der Waals surface area contributed by atoms with Gasteiger partial charge in [0.15, 0.2) is 0 Å². The van der Waals surface area contributed by atoms with Crippen molar-refractivity contribution < 1.29 is 28.9 Å². The second kappa shape index (κ2) is 11.5. The van der Waals surface area contributed by atoms with Crippen LogP contribution in [0, 0.1) is 0 Å². The summed E-state index contributed by atoms with van der Waals surface area (Å²) in [5, 5.41) is 11.7. The molecule has 35 heavy (non-hydrogen) atoms. The molecule has 8 nitrogen and oxygen atoms in total. The Bertz CT molecular complexity index is 1140. The summed E-state index contributed by atoms with van der Waals surface area (Å²) in [6.07, 6.45) is 3.34. The van der Waals surface area contributed by atoms with Crippen LogP contribution in [0.5, 0.6) is 11.5 Å². The first kappa shape index (κ1) is 24.2. The normalized spacial score (nSPS) is 14.7. The quantitative estimate of drug-likeness (QED) is 0.465. The van der Waals surface area contributed by atoms with E-state index in [0.29, 0.717) is 36.7 Å². The molecule has 182 valence electrons. The number of carboxylic acid groups (broad SMARTS) is 1. The minimum Gasteiger partial charge on any atom is -0.490 e. The van der Waals surface area contributed by atoms with Crippen molar-refractivity contribution in [3.63, 3.8) is 0 Å². The summed E-state index contributed by atoms with van der Waals surface area (Å²) in [5.74, 6) is -0.174. The molecule has 2 N–H and O–H groups in total. The lowest BCUT2D eigenvalue weighted by Gasteiger charge is -2.24. The first-order chi connectivity index (χ1) is 17.0. The minimum absolute atomic E-state index is 0.00174. The smallest absolute Gasteiger partial charge is 0.337 e. The number of benzene rings is 2. The molecule has 1 aliphatic rings. The maximum absolute atomic E-state index is 13.0. The fourth-order valence-corrected chi connectivity index (χ4v) is 3.83. The van der Waals surface area contributed by atoms with Gasteiger partial charge in [0.25, 0.3) is 5.91 Å². The summed E-state index contributed by atoms with van der Waals surface area (Å²) in [7, 11) is 0. The molecule has 8 heteroatoms. The van der Waals surface area contributed by atoms with Crippen LogP contribution in [0.15, 0.2) is 66.9 Å². The number of carboxylic acids is 1. The third-order valence-electron chi connectivity index (χ3n) is 5.57. The van der Waals surface area contributed by atoms with Crippen molar-refractivity contribution in [2.75, 3.05) is 18.5 Å². The highest BCUT2D eigenvalue weighted by atomic mass is 16.5. The van der Waals surface area contributed by atoms with Crippen molar-refractivity contribution in [1.82, 2.24) is 4.98 Å². The number of carbonyl (C=O) groups excluding carboxylic acids is 1. The molecule has 1 saturated heterocycles. The zero-order chi connectivity index (χ0) is 24.6. The van der Waals surface area contributed by atoms with Gasteiger partial charge in [-0.3, -0.25) is 4.79 Å². The lowest BCUT2D eigenvalue weighted by Crippen LogP contribution is -2.26. The van der Waals surface area contributed by atoms with Crippen molar-refractivity contribution in [3.8, 4) is 11.5 Å². The highest BCUT2D eigenvalue weighted by Gasteiger charge is 2.18. The van der Waals surface area contributed by atoms with Crippen LogP contribution in [0.4, 0.5) is 5.82 Å². The number of rotatable bonds is 9. The van der Waals surface area contributed by atoms with E-state index in [0.717, 1.165) is 18.4 Å². The molecule has 0 bridgehead atoms. The number of pyridine rings is 1. The molecule has 1 amide bonds. The number of nitrogens with one attached hydrogen (secondary N) is 1. The highest BCUT2D eigenvalue weighted by molar-refractivity contribution is 6.04. The van der Waals surface area contributed by atoms with Gasteiger partial charge in [0, 0.05) is 37.1 Å². The summed E-state index contributed by atoms with van der Waals surface area (Å²) >= 11 is 0. The number of anilines is 1. The molecule has 2 heterocycles. The molecular weight excluding hydrogens is 448 g/mol. The maximum atomic E-state index is 13.0. The van der Waals surface area contributed by atoms with Crippen LogP contribution in [-0.4, -0.2) is 47.4 Å². The topological polar surface area (TPSA) is 107 Å². The molecule has 2 aromatic carbocycles. The van der Waals surface area contributed by atoms with E-state index >= 15 is 0 Å². The van der Waals surface area contributed by atoms with Crippen molar-refractivity contribution >= 4 is 17.7 Å². The van der Waals surface area contributed by atoms with E-state index in [1.165, 1.54) is 18.3 Å². The zero-order valence-corrected chi connectivity index (χ0v) is 19.5. The molecule has 1 atom stereocenters. The lowest BCUT2D eigenvalue weighted by molar-refractivity contribution is 0.0254. The summed E-state index contributed by atoms with van der Waals surface area (Å²) in [6, 6.07) is 18.0. The van der Waals surface area contributed by atoms with Crippen molar-refractivity contribution in [3.05, 3.63) is 83.6 Å². The number of hydrogen-bond acceptors (Lipinski definition) is 6. The monoisotopic (exact) mass is 476 g/mol. The van der Waals surface area contributed by atoms with Crippen LogP contribution in [-0.2, 0) is 11.2 Å². The average Bonchev–Trinajstić information content (AvgIpc) is 2.85. The molecule has 0 aliphatic carbocycles. The van der Waals surface area contributed by atoms with Gasteiger partial charge in [0.2, 0.25) is 0 Å². The Morgan fingerprint density at radius 3 is 2.49 bits per heavy atom. The van der Waals surface area contributed by atoms with Crippen LogP contribution in [0.2, 0.25) is 0 Å². The number of nitrogens with zero attached hydrogens (tertiary/aromatic N) is 1. The van der Waals surface area contributed by atoms with E-state index in [9.17, 15) is 9.59 Å². The molecule has 0 radical (unpaired) electrons. The summed E-state index contributed by atoms with van der Waals surface area (Å²) < 4.78 is 17.7. The molecule has 1 aliphatic heterocycles. The van der Waals surface area contributed by atoms with Crippen LogP contribution in [0.1, 0.15) is 46.0 Å². The van der Waals surface area contributed by atoms with Gasteiger partial charge in [-0.2, -0.15) is 0 Å². The molecule has 4 rings (SSSR count). The third-order valence-corrected chi connectivity index (χ3v) is 5.57. The van der Waals surface area contributed by atoms with E-state index in [2.05, 4.69) is 10.3 Å². The maximum Gasteiger partial charge on any atom is 0.337 e. The third kappa shape index (κ3) is 7.04. The molecule has 3 aromatic rings. The summed E-state index contributed by atoms with van der Waals surface area (Å²) in [6.45, 7) is 3.26. The van der Waals surface area contributed by atoms with E-state index < -0.39 is 11.9 Å². The Kier molecular flexibility index (Phi) is 7.95. The summed E-state index contributed by atoms with van der Waals surface area (Å²) in [4.78, 5) is 28.1. The molecule has 0 spiro atoms. The van der Waals surface area contributed by atoms with Gasteiger partial charge in [-0.15, -0.1) is 0 Å². The van der Waals surface area contributed by atoms with Gasteiger partial charge in [0.05, 0.1) is 24.9 Å². The van der Waals surface area contributed by atoms with Crippen LogP contribution >= 0.6 is 0 Å². The first-order valence-corrected chi connectivity index (χ1v) is 11.6. The number of carbonyl (C=O) groups is 2. The average molecular weight is 477 g/mol. The van der Waals surface area contributed by atoms with E-state index in [4.69, 9.17) is 19.3 Å². The van der Waals surface area contributed by atoms with Gasteiger partial charge >= 0.3 is 5.97 Å².